The van der Waals surface area contributed by atoms with Gasteiger partial charge in [-0.2, -0.15) is 0 Å². The number of sulfone groups is 1. The molecule has 0 unspecified atom stereocenters. The van der Waals surface area contributed by atoms with E-state index in [0.29, 0.717) is 30.4 Å². The Morgan fingerprint density at radius 2 is 1.88 bits per heavy atom. The van der Waals surface area contributed by atoms with E-state index >= 15 is 0 Å². The number of rotatable bonds is 6. The van der Waals surface area contributed by atoms with Crippen molar-refractivity contribution in [3.8, 4) is 0 Å². The molecule has 170 valence electrons. The molecule has 8 heteroatoms. The van der Waals surface area contributed by atoms with Crippen LogP contribution in [0.5, 0.6) is 0 Å². The second kappa shape index (κ2) is 9.67. The Morgan fingerprint density at radius 3 is 2.59 bits per heavy atom. The first kappa shape index (κ1) is 22.9. The number of benzene rings is 2. The number of piperidine rings is 1. The van der Waals surface area contributed by atoms with Crippen molar-refractivity contribution in [2.24, 2.45) is 5.92 Å². The van der Waals surface area contributed by atoms with Gasteiger partial charge >= 0.3 is 0 Å². The quantitative estimate of drug-likeness (QED) is 0.692. The fourth-order valence-corrected chi connectivity index (χ4v) is 6.45. The van der Waals surface area contributed by atoms with E-state index in [9.17, 15) is 18.0 Å². The first-order chi connectivity index (χ1) is 15.3. The zero-order valence-electron chi connectivity index (χ0n) is 18.1. The third-order valence-corrected chi connectivity index (χ3v) is 9.45. The Morgan fingerprint density at radius 1 is 1.16 bits per heavy atom. The number of anilines is 1. The van der Waals surface area contributed by atoms with Gasteiger partial charge in [0.05, 0.1) is 21.6 Å². The van der Waals surface area contributed by atoms with Crippen molar-refractivity contribution in [2.45, 2.75) is 47.6 Å². The molecular weight excluding hydrogens is 444 g/mol. The van der Waals surface area contributed by atoms with Gasteiger partial charge in [0.2, 0.25) is 11.8 Å². The molecule has 0 bridgehead atoms. The fraction of sp³-hybridized carbons (Fsp3) is 0.417. The van der Waals surface area contributed by atoms with Crippen molar-refractivity contribution in [3.63, 3.8) is 0 Å². The highest BCUT2D eigenvalue weighted by Gasteiger charge is 2.30. The number of hydrogen-bond acceptors (Lipinski definition) is 5. The normalized spacial score (nSPS) is 18.0. The number of carbonyl (C=O) groups excluding carboxylic acids is 2. The second-order valence-corrected chi connectivity index (χ2v) is 12.0. The van der Waals surface area contributed by atoms with Gasteiger partial charge in [0.1, 0.15) is 0 Å². The molecule has 2 aromatic rings. The van der Waals surface area contributed by atoms with E-state index < -0.39 is 15.1 Å². The number of amides is 2. The maximum atomic E-state index is 13.1. The van der Waals surface area contributed by atoms with Crippen LogP contribution < -0.4 is 5.32 Å². The van der Waals surface area contributed by atoms with Gasteiger partial charge in [-0.15, -0.1) is 11.8 Å². The lowest BCUT2D eigenvalue weighted by Crippen LogP contribution is -2.40. The van der Waals surface area contributed by atoms with Gasteiger partial charge in [0, 0.05) is 24.4 Å². The van der Waals surface area contributed by atoms with E-state index in [1.54, 1.807) is 24.0 Å². The molecule has 0 aromatic heterocycles. The molecule has 2 heterocycles. The first-order valence-corrected chi connectivity index (χ1v) is 13.5. The molecule has 0 radical (unpaired) electrons. The third-order valence-electron chi connectivity index (χ3n) is 6.24. The van der Waals surface area contributed by atoms with E-state index in [1.807, 2.05) is 18.2 Å². The smallest absolute Gasteiger partial charge is 0.234 e. The molecule has 1 saturated heterocycles. The molecule has 0 spiro atoms. The number of thioether (sulfide) groups is 1. The lowest BCUT2D eigenvalue weighted by Gasteiger charge is -2.32. The van der Waals surface area contributed by atoms with Crippen LogP contribution in [0.3, 0.4) is 0 Å². The van der Waals surface area contributed by atoms with Crippen molar-refractivity contribution < 1.29 is 18.0 Å². The average Bonchev–Trinajstić information content (AvgIpc) is 2.79. The molecule has 1 N–H and O–H groups in total. The van der Waals surface area contributed by atoms with Crippen LogP contribution in [0.2, 0.25) is 0 Å². The number of nitrogens with one attached hydrogen (secondary N) is 1. The van der Waals surface area contributed by atoms with Gasteiger partial charge in [-0.3, -0.25) is 9.59 Å². The lowest BCUT2D eigenvalue weighted by atomic mass is 9.90. The molecule has 32 heavy (non-hydrogen) atoms. The Kier molecular flexibility index (Phi) is 6.90. The molecule has 6 nitrogen and oxygen atoms in total. The predicted molar refractivity (Wildman–Crippen MR) is 127 cm³/mol. The largest absolute Gasteiger partial charge is 0.343 e. The fourth-order valence-electron chi connectivity index (χ4n) is 4.29. The monoisotopic (exact) mass is 472 g/mol. The van der Waals surface area contributed by atoms with Crippen LogP contribution in [-0.2, 0) is 25.8 Å². The van der Waals surface area contributed by atoms with Gasteiger partial charge in [0.15, 0.2) is 9.84 Å². The number of carbonyl (C=O) groups is 2. The Labute approximate surface area is 193 Å². The van der Waals surface area contributed by atoms with Crippen molar-refractivity contribution in [1.29, 1.82) is 0 Å². The minimum absolute atomic E-state index is 0.0378. The zero-order valence-corrected chi connectivity index (χ0v) is 19.8. The van der Waals surface area contributed by atoms with Gasteiger partial charge < -0.3 is 10.2 Å². The molecule has 0 saturated carbocycles. The summed E-state index contributed by atoms with van der Waals surface area (Å²) in [6, 6.07) is 15.2. The molecule has 2 aromatic carbocycles. The minimum Gasteiger partial charge on any atom is -0.343 e. The zero-order chi connectivity index (χ0) is 22.7. The minimum atomic E-state index is -3.68. The van der Waals surface area contributed by atoms with Gasteiger partial charge in [-0.1, -0.05) is 30.3 Å². The molecule has 2 amide bonds. The first-order valence-electron chi connectivity index (χ1n) is 10.9. The number of likely N-dealkylation sites (tertiary alicyclic amines) is 1. The van der Waals surface area contributed by atoms with Crippen LogP contribution in [0.4, 0.5) is 5.69 Å². The predicted octanol–water partition coefficient (Wildman–Crippen LogP) is 3.76. The van der Waals surface area contributed by atoms with Crippen LogP contribution in [0.1, 0.15) is 31.7 Å². The van der Waals surface area contributed by atoms with E-state index in [2.05, 4.69) is 17.4 Å². The molecule has 1 fully saturated rings. The van der Waals surface area contributed by atoms with E-state index in [4.69, 9.17) is 0 Å². The summed E-state index contributed by atoms with van der Waals surface area (Å²) in [5.74, 6) is 0.620. The summed E-state index contributed by atoms with van der Waals surface area (Å²) in [6.07, 6.45) is 2.85. The van der Waals surface area contributed by atoms with Crippen molar-refractivity contribution in [1.82, 2.24) is 4.90 Å². The SMILES string of the molecule is C[C@H](CC(=O)N1CCC(Cc2ccccc2)CC1)S(=O)(=O)c1ccc2c(c1)NC(=O)CS2. The van der Waals surface area contributed by atoms with E-state index in [1.165, 1.54) is 23.4 Å². The molecule has 0 aliphatic carbocycles. The Balaban J connectivity index is 1.34. The second-order valence-electron chi connectivity index (χ2n) is 8.57. The Hall–Kier alpha value is -2.32. The standard InChI is InChI=1S/C24H28N2O4S2/c1-17(32(29,30)20-7-8-22-21(15-20)25-23(27)16-31-22)13-24(28)26-11-9-19(10-12-26)14-18-5-3-2-4-6-18/h2-8,15,17,19H,9-14,16H2,1H3,(H,25,27)/t17-/m1/s1. The highest BCUT2D eigenvalue weighted by molar-refractivity contribution is 8.00. The molecule has 2 aliphatic rings. The average molecular weight is 473 g/mol. The maximum absolute atomic E-state index is 13.1. The molecule has 4 rings (SSSR count). The number of fused-ring (bicyclic) bond motifs is 1. The summed E-state index contributed by atoms with van der Waals surface area (Å²) in [6.45, 7) is 2.93. The van der Waals surface area contributed by atoms with Gasteiger partial charge in [-0.05, 0) is 55.9 Å². The van der Waals surface area contributed by atoms with Crippen molar-refractivity contribution in [3.05, 3.63) is 54.1 Å². The Bertz CT molecular complexity index is 1090. The van der Waals surface area contributed by atoms with Crippen LogP contribution in [-0.4, -0.2) is 49.2 Å². The van der Waals surface area contributed by atoms with Crippen molar-refractivity contribution in [2.75, 3.05) is 24.2 Å². The topological polar surface area (TPSA) is 83.6 Å². The van der Waals surface area contributed by atoms with Crippen LogP contribution in [0.15, 0.2) is 58.3 Å². The lowest BCUT2D eigenvalue weighted by molar-refractivity contribution is -0.132. The summed E-state index contributed by atoms with van der Waals surface area (Å²) < 4.78 is 26.2. The summed E-state index contributed by atoms with van der Waals surface area (Å²) in [5, 5.41) is 1.89. The molecule has 2 aliphatic heterocycles. The van der Waals surface area contributed by atoms with E-state index in [-0.39, 0.29) is 23.1 Å². The van der Waals surface area contributed by atoms with Gasteiger partial charge in [-0.25, -0.2) is 8.42 Å². The highest BCUT2D eigenvalue weighted by atomic mass is 32.2. The van der Waals surface area contributed by atoms with Gasteiger partial charge in [0.25, 0.3) is 0 Å². The maximum Gasteiger partial charge on any atom is 0.234 e. The van der Waals surface area contributed by atoms with E-state index in [0.717, 1.165) is 24.2 Å². The highest BCUT2D eigenvalue weighted by Crippen LogP contribution is 2.34. The van der Waals surface area contributed by atoms with Crippen molar-refractivity contribution >= 4 is 39.1 Å². The molecular formula is C24H28N2O4S2. The third kappa shape index (κ3) is 5.18. The summed E-state index contributed by atoms with van der Waals surface area (Å²) >= 11 is 1.39. The van der Waals surface area contributed by atoms with Crippen LogP contribution in [0.25, 0.3) is 0 Å². The number of hydrogen-bond donors (Lipinski definition) is 1. The summed E-state index contributed by atoms with van der Waals surface area (Å²) in [7, 11) is -3.68. The van der Waals surface area contributed by atoms with Crippen LogP contribution in [0, 0.1) is 5.92 Å². The summed E-state index contributed by atoms with van der Waals surface area (Å²) in [4.78, 5) is 27.3. The van der Waals surface area contributed by atoms with Crippen LogP contribution >= 0.6 is 11.8 Å². The summed E-state index contributed by atoms with van der Waals surface area (Å²) in [5.41, 5.74) is 1.84. The molecule has 1 atom stereocenters. The number of nitrogens with zero attached hydrogens (tertiary/aromatic N) is 1.